The molecule has 0 spiro atoms. The van der Waals surface area contributed by atoms with Crippen LogP contribution in [0.25, 0.3) is 11.2 Å². The zero-order chi connectivity index (χ0) is 13.1. The van der Waals surface area contributed by atoms with Crippen LogP contribution in [0.2, 0.25) is 0 Å². The number of fused-ring (bicyclic) bond motifs is 3. The summed E-state index contributed by atoms with van der Waals surface area (Å²) in [5, 5.41) is 7.13. The van der Waals surface area contributed by atoms with Crippen LogP contribution < -0.4 is 10.6 Å². The van der Waals surface area contributed by atoms with Crippen molar-refractivity contribution < 1.29 is 0 Å². The monoisotopic (exact) mass is 270 g/mol. The van der Waals surface area contributed by atoms with Gasteiger partial charge in [0.05, 0.1) is 12.4 Å². The fourth-order valence-electron chi connectivity index (χ4n) is 3.72. The van der Waals surface area contributed by atoms with Gasteiger partial charge < -0.3 is 15.2 Å². The van der Waals surface area contributed by atoms with Crippen molar-refractivity contribution in [2.45, 2.75) is 56.3 Å². The van der Waals surface area contributed by atoms with Gasteiger partial charge in [0.1, 0.15) is 11.8 Å². The van der Waals surface area contributed by atoms with E-state index in [0.29, 0.717) is 24.2 Å². The third-order valence-electron chi connectivity index (χ3n) is 4.90. The van der Waals surface area contributed by atoms with Gasteiger partial charge in [-0.3, -0.25) is 0 Å². The molecule has 3 atom stereocenters. The number of hydrogen-bond donors (Lipinski definition) is 2. The summed E-state index contributed by atoms with van der Waals surface area (Å²) in [6, 6.07) is 2.37. The molecule has 3 fully saturated rings. The van der Waals surface area contributed by atoms with Gasteiger partial charge in [0.25, 0.3) is 0 Å². The fourth-order valence-corrected chi connectivity index (χ4v) is 3.72. The summed E-state index contributed by atoms with van der Waals surface area (Å²) >= 11 is 0. The standard InChI is InChI=1S/C14H18N6/c1-2-8(1)19-13-12-14(16-6-15-13)20(7-17-12)11-5-9-3-4-10(11)18-9/h6-11,18H,1-5H2,(H,15,16,19)/t9-,10+,11+/m1/s1. The van der Waals surface area contributed by atoms with Crippen LogP contribution in [-0.2, 0) is 0 Å². The molecule has 104 valence electrons. The maximum absolute atomic E-state index is 4.58. The summed E-state index contributed by atoms with van der Waals surface area (Å²) in [5.41, 5.74) is 1.89. The SMILES string of the molecule is c1nc(NC2CC2)c2ncn([C@H]3C[C@H]4CC[C@@H]3N4)c2n1. The zero-order valence-electron chi connectivity index (χ0n) is 11.3. The molecule has 2 aromatic heterocycles. The second-order valence-electron chi connectivity index (χ2n) is 6.32. The summed E-state index contributed by atoms with van der Waals surface area (Å²) in [7, 11) is 0. The van der Waals surface area contributed by atoms with E-state index in [4.69, 9.17) is 0 Å². The van der Waals surface area contributed by atoms with Crippen molar-refractivity contribution in [2.24, 2.45) is 0 Å². The van der Waals surface area contributed by atoms with Crippen molar-refractivity contribution in [1.82, 2.24) is 24.8 Å². The normalized spacial score (nSPS) is 32.1. The third kappa shape index (κ3) is 1.57. The third-order valence-corrected chi connectivity index (χ3v) is 4.90. The first-order valence-electron chi connectivity index (χ1n) is 7.58. The van der Waals surface area contributed by atoms with Crippen LogP contribution in [0, 0.1) is 0 Å². The maximum Gasteiger partial charge on any atom is 0.165 e. The van der Waals surface area contributed by atoms with Crippen molar-refractivity contribution in [3.05, 3.63) is 12.7 Å². The Hall–Kier alpha value is -1.69. The summed E-state index contributed by atoms with van der Waals surface area (Å²) in [5.74, 6) is 0.896. The molecule has 2 bridgehead atoms. The van der Waals surface area contributed by atoms with Gasteiger partial charge in [-0.15, -0.1) is 0 Å². The molecule has 0 radical (unpaired) electrons. The van der Waals surface area contributed by atoms with Crippen LogP contribution in [0.5, 0.6) is 0 Å². The molecular formula is C14H18N6. The lowest BCUT2D eigenvalue weighted by Gasteiger charge is -2.21. The predicted molar refractivity (Wildman–Crippen MR) is 75.6 cm³/mol. The van der Waals surface area contributed by atoms with E-state index in [-0.39, 0.29) is 0 Å². The quantitative estimate of drug-likeness (QED) is 0.884. The van der Waals surface area contributed by atoms with Gasteiger partial charge in [-0.2, -0.15) is 0 Å². The van der Waals surface area contributed by atoms with Crippen molar-refractivity contribution in [3.8, 4) is 0 Å². The molecule has 0 amide bonds. The highest BCUT2D eigenvalue weighted by Gasteiger charge is 2.40. The van der Waals surface area contributed by atoms with E-state index in [2.05, 4.69) is 30.2 Å². The predicted octanol–water partition coefficient (Wildman–Crippen LogP) is 1.47. The molecule has 2 aliphatic heterocycles. The number of nitrogens with one attached hydrogen (secondary N) is 2. The first-order valence-corrected chi connectivity index (χ1v) is 7.58. The summed E-state index contributed by atoms with van der Waals surface area (Å²) in [4.78, 5) is 13.4. The highest BCUT2D eigenvalue weighted by Crippen LogP contribution is 2.38. The van der Waals surface area contributed by atoms with Gasteiger partial charge in [0, 0.05) is 18.1 Å². The second-order valence-corrected chi connectivity index (χ2v) is 6.32. The molecule has 0 aromatic carbocycles. The number of aromatic nitrogens is 4. The number of imidazole rings is 1. The van der Waals surface area contributed by atoms with Gasteiger partial charge in [-0.25, -0.2) is 15.0 Å². The largest absolute Gasteiger partial charge is 0.365 e. The van der Waals surface area contributed by atoms with Crippen LogP contribution in [-0.4, -0.2) is 37.6 Å². The highest BCUT2D eigenvalue weighted by atomic mass is 15.2. The van der Waals surface area contributed by atoms with Crippen molar-refractivity contribution in [2.75, 3.05) is 5.32 Å². The van der Waals surface area contributed by atoms with E-state index < -0.39 is 0 Å². The minimum Gasteiger partial charge on any atom is -0.365 e. The molecule has 4 heterocycles. The topological polar surface area (TPSA) is 67.7 Å². The minimum atomic E-state index is 0.502. The van der Waals surface area contributed by atoms with Gasteiger partial charge in [-0.1, -0.05) is 0 Å². The Morgan fingerprint density at radius 3 is 2.85 bits per heavy atom. The number of hydrogen-bond acceptors (Lipinski definition) is 5. The Balaban J connectivity index is 1.56. The molecule has 2 aromatic rings. The average Bonchev–Trinajstić information content (AvgIpc) is 2.92. The van der Waals surface area contributed by atoms with E-state index in [9.17, 15) is 0 Å². The molecule has 1 saturated carbocycles. The lowest BCUT2D eigenvalue weighted by molar-refractivity contribution is 0.403. The van der Waals surface area contributed by atoms with Crippen molar-refractivity contribution in [3.63, 3.8) is 0 Å². The highest BCUT2D eigenvalue weighted by molar-refractivity contribution is 5.83. The number of rotatable bonds is 3. The lowest BCUT2D eigenvalue weighted by atomic mass is 9.95. The molecule has 5 rings (SSSR count). The van der Waals surface area contributed by atoms with E-state index >= 15 is 0 Å². The summed E-state index contributed by atoms with van der Waals surface area (Å²) in [6.45, 7) is 0. The number of anilines is 1. The fraction of sp³-hybridized carbons (Fsp3) is 0.643. The van der Waals surface area contributed by atoms with E-state index in [1.165, 1.54) is 32.1 Å². The average molecular weight is 270 g/mol. The molecule has 0 unspecified atom stereocenters. The first-order chi connectivity index (χ1) is 9.88. The van der Waals surface area contributed by atoms with Gasteiger partial charge in [0.2, 0.25) is 0 Å². The molecule has 6 heteroatoms. The molecular weight excluding hydrogens is 252 g/mol. The Labute approximate surface area is 117 Å². The Morgan fingerprint density at radius 1 is 1.15 bits per heavy atom. The molecule has 3 aliphatic rings. The Kier molecular flexibility index (Phi) is 2.16. The molecule has 2 saturated heterocycles. The van der Waals surface area contributed by atoms with Crippen LogP contribution in [0.1, 0.15) is 38.1 Å². The zero-order valence-corrected chi connectivity index (χ0v) is 11.3. The molecule has 1 aliphatic carbocycles. The van der Waals surface area contributed by atoms with Crippen LogP contribution in [0.3, 0.4) is 0 Å². The van der Waals surface area contributed by atoms with Crippen LogP contribution in [0.15, 0.2) is 12.7 Å². The lowest BCUT2D eigenvalue weighted by Crippen LogP contribution is -2.25. The second kappa shape index (κ2) is 3.91. The maximum atomic E-state index is 4.58. The van der Waals surface area contributed by atoms with Gasteiger partial charge >= 0.3 is 0 Å². The van der Waals surface area contributed by atoms with E-state index in [1.807, 2.05) is 6.33 Å². The van der Waals surface area contributed by atoms with E-state index in [1.54, 1.807) is 6.33 Å². The molecule has 20 heavy (non-hydrogen) atoms. The van der Waals surface area contributed by atoms with Crippen LogP contribution >= 0.6 is 0 Å². The summed E-state index contributed by atoms with van der Waals surface area (Å²) in [6.07, 6.45) is 9.87. The van der Waals surface area contributed by atoms with Crippen LogP contribution in [0.4, 0.5) is 5.82 Å². The molecule has 2 N–H and O–H groups in total. The van der Waals surface area contributed by atoms with Gasteiger partial charge in [-0.05, 0) is 32.1 Å². The minimum absolute atomic E-state index is 0.502. The smallest absolute Gasteiger partial charge is 0.165 e. The van der Waals surface area contributed by atoms with Crippen molar-refractivity contribution >= 4 is 17.0 Å². The Bertz CT molecular complexity index is 661. The van der Waals surface area contributed by atoms with Crippen molar-refractivity contribution in [1.29, 1.82) is 0 Å². The Morgan fingerprint density at radius 2 is 2.10 bits per heavy atom. The first kappa shape index (κ1) is 11.0. The summed E-state index contributed by atoms with van der Waals surface area (Å²) < 4.78 is 2.26. The number of nitrogens with zero attached hydrogens (tertiary/aromatic N) is 4. The van der Waals surface area contributed by atoms with E-state index in [0.717, 1.165) is 17.0 Å². The van der Waals surface area contributed by atoms with Gasteiger partial charge in [0.15, 0.2) is 11.5 Å². The molecule has 6 nitrogen and oxygen atoms in total.